The standard InChI is InChI=1S/C18H34O2/c1-3-5-6-7-8-9-10-11-12-13-14-18(20)16-15-17(19)4-2/h3-16H2,1-2H3. The van der Waals surface area contributed by atoms with Crippen LogP contribution in [0.1, 0.15) is 104 Å². The Hall–Kier alpha value is -0.660. The molecule has 0 heterocycles. The van der Waals surface area contributed by atoms with Crippen molar-refractivity contribution in [1.82, 2.24) is 0 Å². The van der Waals surface area contributed by atoms with Gasteiger partial charge < -0.3 is 0 Å². The minimum atomic E-state index is 0.210. The van der Waals surface area contributed by atoms with Gasteiger partial charge in [-0.1, -0.05) is 71.6 Å². The number of Topliss-reactive ketones (excluding diaryl/α,β-unsaturated/α-hetero) is 2. The van der Waals surface area contributed by atoms with Crippen molar-refractivity contribution in [3.8, 4) is 0 Å². The molecule has 0 aliphatic rings. The summed E-state index contributed by atoms with van der Waals surface area (Å²) in [4.78, 5) is 22.7. The Balaban J connectivity index is 3.19. The van der Waals surface area contributed by atoms with Crippen molar-refractivity contribution in [2.45, 2.75) is 104 Å². The van der Waals surface area contributed by atoms with Gasteiger partial charge in [0.15, 0.2) is 0 Å². The van der Waals surface area contributed by atoms with Crippen molar-refractivity contribution in [3.05, 3.63) is 0 Å². The molecule has 0 aromatic carbocycles. The molecule has 2 nitrogen and oxygen atoms in total. The first-order valence-electron chi connectivity index (χ1n) is 8.74. The van der Waals surface area contributed by atoms with E-state index in [-0.39, 0.29) is 11.6 Å². The molecule has 0 spiro atoms. The van der Waals surface area contributed by atoms with Crippen LogP contribution in [0, 0.1) is 0 Å². The summed E-state index contributed by atoms with van der Waals surface area (Å²) in [5, 5.41) is 0. The number of hydrogen-bond acceptors (Lipinski definition) is 2. The molecule has 0 aromatic heterocycles. The molecule has 118 valence electrons. The Labute approximate surface area is 125 Å². The highest BCUT2D eigenvalue weighted by molar-refractivity contribution is 5.85. The van der Waals surface area contributed by atoms with Gasteiger partial charge in [-0.3, -0.25) is 9.59 Å². The summed E-state index contributed by atoms with van der Waals surface area (Å²) < 4.78 is 0. The van der Waals surface area contributed by atoms with Gasteiger partial charge in [-0.15, -0.1) is 0 Å². The molecule has 0 bridgehead atoms. The maximum Gasteiger partial charge on any atom is 0.133 e. The smallest absolute Gasteiger partial charge is 0.133 e. The number of carbonyl (C=O) groups excluding carboxylic acids is 2. The van der Waals surface area contributed by atoms with E-state index in [0.29, 0.717) is 25.7 Å². The van der Waals surface area contributed by atoms with Crippen LogP contribution in [0.3, 0.4) is 0 Å². The van der Waals surface area contributed by atoms with E-state index in [9.17, 15) is 9.59 Å². The fourth-order valence-corrected chi connectivity index (χ4v) is 2.39. The molecule has 0 atom stereocenters. The quantitative estimate of drug-likeness (QED) is 0.365. The first-order chi connectivity index (χ1) is 9.70. The highest BCUT2D eigenvalue weighted by atomic mass is 16.1. The molecule has 0 aliphatic heterocycles. The highest BCUT2D eigenvalue weighted by Crippen LogP contribution is 2.12. The van der Waals surface area contributed by atoms with E-state index in [2.05, 4.69) is 6.92 Å². The van der Waals surface area contributed by atoms with Crippen molar-refractivity contribution < 1.29 is 9.59 Å². The summed E-state index contributed by atoms with van der Waals surface area (Å²) in [5.41, 5.74) is 0. The Morgan fingerprint density at radius 2 is 1.00 bits per heavy atom. The first-order valence-corrected chi connectivity index (χ1v) is 8.74. The lowest BCUT2D eigenvalue weighted by Gasteiger charge is -2.02. The third-order valence-corrected chi connectivity index (χ3v) is 3.89. The van der Waals surface area contributed by atoms with Gasteiger partial charge in [-0.25, -0.2) is 0 Å². The van der Waals surface area contributed by atoms with Crippen molar-refractivity contribution in [2.75, 3.05) is 0 Å². The number of unbranched alkanes of at least 4 members (excludes halogenated alkanes) is 9. The van der Waals surface area contributed by atoms with E-state index >= 15 is 0 Å². The van der Waals surface area contributed by atoms with Crippen LogP contribution in [0.2, 0.25) is 0 Å². The summed E-state index contributed by atoms with van der Waals surface area (Å²) in [7, 11) is 0. The van der Waals surface area contributed by atoms with Gasteiger partial charge >= 0.3 is 0 Å². The summed E-state index contributed by atoms with van der Waals surface area (Å²) in [5.74, 6) is 0.479. The van der Waals surface area contributed by atoms with Gasteiger partial charge in [-0.05, 0) is 6.42 Å². The molecule has 2 heteroatoms. The lowest BCUT2D eigenvalue weighted by molar-refractivity contribution is -0.124. The Morgan fingerprint density at radius 1 is 0.550 bits per heavy atom. The van der Waals surface area contributed by atoms with E-state index in [1.165, 1.54) is 57.8 Å². The fraction of sp³-hybridized carbons (Fsp3) is 0.889. The second-order valence-electron chi connectivity index (χ2n) is 5.86. The van der Waals surface area contributed by atoms with E-state index < -0.39 is 0 Å². The van der Waals surface area contributed by atoms with Gasteiger partial charge in [0, 0.05) is 25.7 Å². The van der Waals surface area contributed by atoms with Crippen molar-refractivity contribution in [1.29, 1.82) is 0 Å². The first kappa shape index (κ1) is 19.3. The zero-order chi connectivity index (χ0) is 15.1. The molecule has 0 aromatic rings. The Morgan fingerprint density at radius 3 is 1.50 bits per heavy atom. The molecule has 0 N–H and O–H groups in total. The molecule has 0 rings (SSSR count). The normalized spacial score (nSPS) is 10.7. The monoisotopic (exact) mass is 282 g/mol. The molecule has 0 radical (unpaired) electrons. The Bertz CT molecular complexity index is 246. The van der Waals surface area contributed by atoms with Crippen LogP contribution in [-0.2, 0) is 9.59 Å². The van der Waals surface area contributed by atoms with Gasteiger partial charge in [0.2, 0.25) is 0 Å². The summed E-state index contributed by atoms with van der Waals surface area (Å²) >= 11 is 0. The van der Waals surface area contributed by atoms with Crippen LogP contribution < -0.4 is 0 Å². The molecule has 0 unspecified atom stereocenters. The van der Waals surface area contributed by atoms with E-state index in [0.717, 1.165) is 6.42 Å². The zero-order valence-electron chi connectivity index (χ0n) is 13.7. The molecule has 0 saturated heterocycles. The van der Waals surface area contributed by atoms with Gasteiger partial charge in [-0.2, -0.15) is 0 Å². The van der Waals surface area contributed by atoms with Gasteiger partial charge in [0.25, 0.3) is 0 Å². The van der Waals surface area contributed by atoms with Crippen LogP contribution in [0.5, 0.6) is 0 Å². The topological polar surface area (TPSA) is 34.1 Å². The number of hydrogen-bond donors (Lipinski definition) is 0. The summed E-state index contributed by atoms with van der Waals surface area (Å²) in [6.45, 7) is 4.11. The van der Waals surface area contributed by atoms with E-state index in [1.54, 1.807) is 0 Å². The molecule has 0 saturated carbocycles. The third-order valence-electron chi connectivity index (χ3n) is 3.89. The summed E-state index contributed by atoms with van der Waals surface area (Å²) in [6.07, 6.45) is 15.1. The van der Waals surface area contributed by atoms with E-state index in [4.69, 9.17) is 0 Å². The average molecular weight is 282 g/mol. The van der Waals surface area contributed by atoms with E-state index in [1.807, 2.05) is 6.92 Å². The molecular weight excluding hydrogens is 248 g/mol. The average Bonchev–Trinajstić information content (AvgIpc) is 2.46. The lowest BCUT2D eigenvalue weighted by atomic mass is 10.0. The second kappa shape index (κ2) is 14.7. The summed E-state index contributed by atoms with van der Waals surface area (Å²) in [6, 6.07) is 0. The third kappa shape index (κ3) is 13.8. The molecule has 0 amide bonds. The number of rotatable bonds is 15. The Kier molecular flexibility index (Phi) is 14.3. The maximum absolute atomic E-state index is 11.5. The van der Waals surface area contributed by atoms with Crippen molar-refractivity contribution in [3.63, 3.8) is 0 Å². The molecule has 0 fully saturated rings. The fourth-order valence-electron chi connectivity index (χ4n) is 2.39. The number of ketones is 2. The van der Waals surface area contributed by atoms with Gasteiger partial charge in [0.05, 0.1) is 0 Å². The van der Waals surface area contributed by atoms with Crippen molar-refractivity contribution >= 4 is 11.6 Å². The van der Waals surface area contributed by atoms with Crippen molar-refractivity contribution in [2.24, 2.45) is 0 Å². The molecular formula is C18H34O2. The largest absolute Gasteiger partial charge is 0.300 e. The maximum atomic E-state index is 11.5. The molecule has 0 aliphatic carbocycles. The molecule has 20 heavy (non-hydrogen) atoms. The van der Waals surface area contributed by atoms with Crippen LogP contribution in [-0.4, -0.2) is 11.6 Å². The second-order valence-corrected chi connectivity index (χ2v) is 5.86. The zero-order valence-corrected chi connectivity index (χ0v) is 13.7. The predicted molar refractivity (Wildman–Crippen MR) is 86.0 cm³/mol. The van der Waals surface area contributed by atoms with Gasteiger partial charge in [0.1, 0.15) is 11.6 Å². The SMILES string of the molecule is CCCCCCCCCCCCC(=O)CCC(=O)CC. The minimum Gasteiger partial charge on any atom is -0.300 e. The highest BCUT2D eigenvalue weighted by Gasteiger charge is 2.05. The lowest BCUT2D eigenvalue weighted by Crippen LogP contribution is -2.03. The van der Waals surface area contributed by atoms with Crippen LogP contribution in [0.25, 0.3) is 0 Å². The minimum absolute atomic E-state index is 0.210. The van der Waals surface area contributed by atoms with Crippen LogP contribution >= 0.6 is 0 Å². The van der Waals surface area contributed by atoms with Crippen LogP contribution in [0.15, 0.2) is 0 Å². The van der Waals surface area contributed by atoms with Crippen LogP contribution in [0.4, 0.5) is 0 Å². The number of carbonyl (C=O) groups is 2. The predicted octanol–water partition coefficient (Wildman–Crippen LogP) is 5.63.